The topological polar surface area (TPSA) is 87.7 Å². The highest BCUT2D eigenvalue weighted by Gasteiger charge is 2.35. The third-order valence-corrected chi connectivity index (χ3v) is 6.20. The second-order valence-corrected chi connectivity index (χ2v) is 10.8. The molecular formula is C29H40ClN3O4. The number of benzene rings is 2. The molecule has 0 aliphatic rings. The molecular weight excluding hydrogens is 490 g/mol. The van der Waals surface area contributed by atoms with Gasteiger partial charge in [0.05, 0.1) is 10.7 Å². The van der Waals surface area contributed by atoms with E-state index in [0.29, 0.717) is 29.2 Å². The number of nitrogens with one attached hydrogen (secondary N) is 2. The lowest BCUT2D eigenvalue weighted by Crippen LogP contribution is -2.51. The molecule has 202 valence electrons. The summed E-state index contributed by atoms with van der Waals surface area (Å²) in [5, 5.41) is 6.01. The standard InChI is InChI=1S/C29H40ClN3O4/c1-9-10-16-33(27(35)21(5)31-28(36)37-29(6,7)8)25(22-15-14-18(2)17-20(22)4)26(34)32-24-19(3)12-11-13-23(24)30/h11-15,17,21,25H,9-10,16H2,1-8H3,(H,31,36)(H,32,34). The molecule has 0 fully saturated rings. The number of aryl methyl sites for hydroxylation is 3. The molecule has 0 aliphatic carbocycles. The number of alkyl carbamates (subject to hydrolysis) is 1. The first-order chi connectivity index (χ1) is 17.2. The van der Waals surface area contributed by atoms with Crippen LogP contribution in [0.5, 0.6) is 0 Å². The van der Waals surface area contributed by atoms with Gasteiger partial charge in [-0.1, -0.05) is 60.8 Å². The molecule has 0 saturated carbocycles. The van der Waals surface area contributed by atoms with Crippen LogP contribution in [0.1, 0.15) is 75.8 Å². The molecule has 0 heterocycles. The van der Waals surface area contributed by atoms with Gasteiger partial charge in [-0.25, -0.2) is 4.79 Å². The minimum Gasteiger partial charge on any atom is -0.444 e. The van der Waals surface area contributed by atoms with Crippen LogP contribution in [0.15, 0.2) is 36.4 Å². The Morgan fingerprint density at radius 1 is 1.05 bits per heavy atom. The zero-order valence-electron chi connectivity index (χ0n) is 23.2. The number of carbonyl (C=O) groups excluding carboxylic acids is 3. The summed E-state index contributed by atoms with van der Waals surface area (Å²) in [4.78, 5) is 41.6. The van der Waals surface area contributed by atoms with Gasteiger partial charge >= 0.3 is 6.09 Å². The van der Waals surface area contributed by atoms with Crippen LogP contribution in [0.3, 0.4) is 0 Å². The van der Waals surface area contributed by atoms with E-state index in [1.165, 1.54) is 0 Å². The number of carbonyl (C=O) groups is 3. The Morgan fingerprint density at radius 3 is 2.30 bits per heavy atom. The maximum absolute atomic E-state index is 13.9. The summed E-state index contributed by atoms with van der Waals surface area (Å²) in [7, 11) is 0. The van der Waals surface area contributed by atoms with Gasteiger partial charge in [0, 0.05) is 6.54 Å². The van der Waals surface area contributed by atoms with Crippen LogP contribution in [0.4, 0.5) is 10.5 Å². The largest absolute Gasteiger partial charge is 0.444 e. The quantitative estimate of drug-likeness (QED) is 0.389. The van der Waals surface area contributed by atoms with Gasteiger partial charge in [0.2, 0.25) is 5.91 Å². The molecule has 2 N–H and O–H groups in total. The lowest BCUT2D eigenvalue weighted by molar-refractivity contribution is -0.140. The maximum Gasteiger partial charge on any atom is 0.408 e. The van der Waals surface area contributed by atoms with Gasteiger partial charge in [0.1, 0.15) is 17.7 Å². The molecule has 0 aliphatic heterocycles. The number of halogens is 1. The number of rotatable bonds is 9. The van der Waals surface area contributed by atoms with Crippen LogP contribution in [-0.4, -0.2) is 41.0 Å². The van der Waals surface area contributed by atoms with Crippen LogP contribution in [0, 0.1) is 20.8 Å². The number of anilines is 1. The minimum absolute atomic E-state index is 0.336. The van der Waals surface area contributed by atoms with E-state index in [9.17, 15) is 14.4 Å². The smallest absolute Gasteiger partial charge is 0.408 e. The predicted octanol–water partition coefficient (Wildman–Crippen LogP) is 6.49. The first-order valence-corrected chi connectivity index (χ1v) is 13.1. The SMILES string of the molecule is CCCCN(C(=O)C(C)NC(=O)OC(C)(C)C)C(C(=O)Nc1c(C)cccc1Cl)c1ccc(C)cc1C. The van der Waals surface area contributed by atoms with E-state index in [1.54, 1.807) is 38.7 Å². The van der Waals surface area contributed by atoms with Gasteiger partial charge in [-0.05, 0) is 77.6 Å². The van der Waals surface area contributed by atoms with Gasteiger partial charge in [0.25, 0.3) is 5.91 Å². The fourth-order valence-electron chi connectivity index (χ4n) is 4.05. The Kier molecular flexibility index (Phi) is 10.6. The number of nitrogens with zero attached hydrogens (tertiary/aromatic N) is 1. The van der Waals surface area contributed by atoms with E-state index in [-0.39, 0.29) is 11.8 Å². The van der Waals surface area contributed by atoms with Crippen molar-refractivity contribution >= 4 is 35.2 Å². The molecule has 2 unspecified atom stereocenters. The minimum atomic E-state index is -0.932. The maximum atomic E-state index is 13.9. The molecule has 0 saturated heterocycles. The summed E-state index contributed by atoms with van der Waals surface area (Å²) in [6.45, 7) is 15.0. The van der Waals surface area contributed by atoms with Crippen LogP contribution in [0.25, 0.3) is 0 Å². The molecule has 2 rings (SSSR count). The Balaban J connectivity index is 2.51. The number of para-hydroxylation sites is 1. The molecule has 2 aromatic carbocycles. The summed E-state index contributed by atoms with van der Waals surface area (Å²) in [6, 6.07) is 9.34. The second-order valence-electron chi connectivity index (χ2n) is 10.4. The molecule has 3 amide bonds. The number of ether oxygens (including phenoxy) is 1. The summed E-state index contributed by atoms with van der Waals surface area (Å²) in [5.74, 6) is -0.757. The van der Waals surface area contributed by atoms with Crippen molar-refractivity contribution in [2.75, 3.05) is 11.9 Å². The van der Waals surface area contributed by atoms with E-state index < -0.39 is 23.8 Å². The van der Waals surface area contributed by atoms with E-state index >= 15 is 0 Å². The summed E-state index contributed by atoms with van der Waals surface area (Å²) >= 11 is 6.41. The molecule has 8 heteroatoms. The van der Waals surface area contributed by atoms with Crippen molar-refractivity contribution in [2.24, 2.45) is 0 Å². The Morgan fingerprint density at radius 2 is 1.73 bits per heavy atom. The summed E-state index contributed by atoms with van der Waals surface area (Å²) in [6.07, 6.45) is 0.815. The number of unbranched alkanes of at least 4 members (excludes halogenated alkanes) is 1. The van der Waals surface area contributed by atoms with Crippen molar-refractivity contribution in [2.45, 2.75) is 85.9 Å². The van der Waals surface area contributed by atoms with Crippen molar-refractivity contribution in [3.63, 3.8) is 0 Å². The molecule has 0 aromatic heterocycles. The molecule has 0 bridgehead atoms. The van der Waals surface area contributed by atoms with E-state index in [0.717, 1.165) is 23.1 Å². The molecule has 37 heavy (non-hydrogen) atoms. The van der Waals surface area contributed by atoms with Crippen LogP contribution in [0.2, 0.25) is 5.02 Å². The highest BCUT2D eigenvalue weighted by atomic mass is 35.5. The Bertz CT molecular complexity index is 1110. The Labute approximate surface area is 225 Å². The van der Waals surface area contributed by atoms with E-state index in [1.807, 2.05) is 58.0 Å². The summed E-state index contributed by atoms with van der Waals surface area (Å²) in [5.41, 5.74) is 3.26. The number of hydrogen-bond acceptors (Lipinski definition) is 4. The second kappa shape index (κ2) is 13.0. The average Bonchev–Trinajstić information content (AvgIpc) is 2.78. The zero-order valence-corrected chi connectivity index (χ0v) is 24.0. The molecule has 0 spiro atoms. The van der Waals surface area contributed by atoms with Crippen LogP contribution in [-0.2, 0) is 14.3 Å². The molecule has 2 aromatic rings. The highest BCUT2D eigenvalue weighted by molar-refractivity contribution is 6.34. The van der Waals surface area contributed by atoms with Crippen molar-refractivity contribution in [1.82, 2.24) is 10.2 Å². The lowest BCUT2D eigenvalue weighted by Gasteiger charge is -2.34. The molecule has 2 atom stereocenters. The third-order valence-electron chi connectivity index (χ3n) is 5.89. The number of hydrogen-bond donors (Lipinski definition) is 2. The van der Waals surface area contributed by atoms with Gasteiger partial charge in [-0.15, -0.1) is 0 Å². The van der Waals surface area contributed by atoms with Gasteiger partial charge in [0.15, 0.2) is 0 Å². The van der Waals surface area contributed by atoms with E-state index in [4.69, 9.17) is 16.3 Å². The summed E-state index contributed by atoms with van der Waals surface area (Å²) < 4.78 is 5.33. The third kappa shape index (κ3) is 8.49. The Hall–Kier alpha value is -3.06. The first-order valence-electron chi connectivity index (χ1n) is 12.7. The lowest BCUT2D eigenvalue weighted by atomic mass is 9.96. The predicted molar refractivity (Wildman–Crippen MR) is 149 cm³/mol. The molecule has 0 radical (unpaired) electrons. The van der Waals surface area contributed by atoms with Gasteiger partial charge < -0.3 is 20.3 Å². The van der Waals surface area contributed by atoms with E-state index in [2.05, 4.69) is 10.6 Å². The monoisotopic (exact) mass is 529 g/mol. The van der Waals surface area contributed by atoms with Gasteiger partial charge in [-0.3, -0.25) is 9.59 Å². The number of amides is 3. The highest BCUT2D eigenvalue weighted by Crippen LogP contribution is 2.31. The van der Waals surface area contributed by atoms with Crippen LogP contribution >= 0.6 is 11.6 Å². The fourth-order valence-corrected chi connectivity index (χ4v) is 4.32. The average molecular weight is 530 g/mol. The van der Waals surface area contributed by atoms with Crippen molar-refractivity contribution in [1.29, 1.82) is 0 Å². The normalized spacial score (nSPS) is 12.9. The molecule has 7 nitrogen and oxygen atoms in total. The van der Waals surface area contributed by atoms with Crippen LogP contribution < -0.4 is 10.6 Å². The van der Waals surface area contributed by atoms with Crippen molar-refractivity contribution < 1.29 is 19.1 Å². The fraction of sp³-hybridized carbons (Fsp3) is 0.483. The first kappa shape index (κ1) is 30.2. The zero-order chi connectivity index (χ0) is 27.9. The van der Waals surface area contributed by atoms with Crippen molar-refractivity contribution in [3.05, 3.63) is 63.7 Å². The van der Waals surface area contributed by atoms with Gasteiger partial charge in [-0.2, -0.15) is 0 Å². The van der Waals surface area contributed by atoms with Crippen molar-refractivity contribution in [3.8, 4) is 0 Å².